The molecule has 0 bridgehead atoms. The summed E-state index contributed by atoms with van der Waals surface area (Å²) in [7, 11) is 0. The van der Waals surface area contributed by atoms with E-state index >= 15 is 0 Å². The van der Waals surface area contributed by atoms with E-state index in [0.717, 1.165) is 24.7 Å². The van der Waals surface area contributed by atoms with Gasteiger partial charge in [0.15, 0.2) is 0 Å². The van der Waals surface area contributed by atoms with Crippen LogP contribution in [0, 0.1) is 17.3 Å². The van der Waals surface area contributed by atoms with Crippen LogP contribution in [0.25, 0.3) is 0 Å². The number of hydrogen-bond donors (Lipinski definition) is 0. The molecule has 0 amide bonds. The van der Waals surface area contributed by atoms with Crippen LogP contribution >= 0.6 is 0 Å². The zero-order valence-electron chi connectivity index (χ0n) is 12.8. The largest absolute Gasteiger partial charge is 0.303 e. The molecule has 1 unspecified atom stereocenters. The van der Waals surface area contributed by atoms with Crippen molar-refractivity contribution in [2.75, 3.05) is 0 Å². The van der Waals surface area contributed by atoms with Crippen molar-refractivity contribution >= 4 is 6.29 Å². The van der Waals surface area contributed by atoms with Crippen LogP contribution in [0.3, 0.4) is 0 Å². The van der Waals surface area contributed by atoms with Gasteiger partial charge >= 0.3 is 0 Å². The Hall–Kier alpha value is -0.330. The summed E-state index contributed by atoms with van der Waals surface area (Å²) in [6.07, 6.45) is 18.9. The van der Waals surface area contributed by atoms with E-state index in [2.05, 4.69) is 6.92 Å². The fraction of sp³-hybridized carbons (Fsp3) is 0.944. The molecule has 2 fully saturated rings. The van der Waals surface area contributed by atoms with Crippen molar-refractivity contribution < 1.29 is 4.79 Å². The molecule has 0 aromatic heterocycles. The second kappa shape index (κ2) is 7.45. The molecule has 0 N–H and O–H groups in total. The summed E-state index contributed by atoms with van der Waals surface area (Å²) in [5.41, 5.74) is -0.0283. The maximum Gasteiger partial charge on any atom is 0.125 e. The van der Waals surface area contributed by atoms with Gasteiger partial charge in [0.1, 0.15) is 6.29 Å². The summed E-state index contributed by atoms with van der Waals surface area (Å²) >= 11 is 0. The molecular formula is C18H32O. The molecule has 110 valence electrons. The molecule has 2 rings (SSSR count). The molecule has 1 atom stereocenters. The maximum atomic E-state index is 11.6. The van der Waals surface area contributed by atoms with Gasteiger partial charge in [-0.3, -0.25) is 0 Å². The fourth-order valence-electron chi connectivity index (χ4n) is 4.27. The van der Waals surface area contributed by atoms with Crippen LogP contribution < -0.4 is 0 Å². The van der Waals surface area contributed by atoms with Gasteiger partial charge < -0.3 is 4.79 Å². The minimum atomic E-state index is -0.0283. The maximum absolute atomic E-state index is 11.6. The molecule has 0 heterocycles. The van der Waals surface area contributed by atoms with Crippen molar-refractivity contribution in [2.24, 2.45) is 17.3 Å². The van der Waals surface area contributed by atoms with Gasteiger partial charge in [0.25, 0.3) is 0 Å². The lowest BCUT2D eigenvalue weighted by Gasteiger charge is -2.32. The second-order valence-corrected chi connectivity index (χ2v) is 7.52. The first-order valence-electron chi connectivity index (χ1n) is 8.68. The molecule has 1 heteroatoms. The highest BCUT2D eigenvalue weighted by molar-refractivity contribution is 5.58. The van der Waals surface area contributed by atoms with Gasteiger partial charge in [-0.25, -0.2) is 0 Å². The Balaban J connectivity index is 1.77. The average Bonchev–Trinajstić information content (AvgIpc) is 2.47. The van der Waals surface area contributed by atoms with Gasteiger partial charge in [-0.15, -0.1) is 0 Å². The monoisotopic (exact) mass is 264 g/mol. The predicted molar refractivity (Wildman–Crippen MR) is 81.2 cm³/mol. The highest BCUT2D eigenvalue weighted by atomic mass is 16.1. The van der Waals surface area contributed by atoms with Gasteiger partial charge in [-0.2, -0.15) is 0 Å². The van der Waals surface area contributed by atoms with Gasteiger partial charge in [0, 0.05) is 5.41 Å². The van der Waals surface area contributed by atoms with Gasteiger partial charge in [-0.05, 0) is 31.1 Å². The topological polar surface area (TPSA) is 17.1 Å². The lowest BCUT2D eigenvalue weighted by Crippen LogP contribution is -2.25. The molecule has 2 aliphatic rings. The van der Waals surface area contributed by atoms with E-state index in [4.69, 9.17) is 0 Å². The molecule has 19 heavy (non-hydrogen) atoms. The Labute approximate surface area is 119 Å². The Kier molecular flexibility index (Phi) is 5.91. The van der Waals surface area contributed by atoms with E-state index < -0.39 is 0 Å². The van der Waals surface area contributed by atoms with E-state index in [9.17, 15) is 4.79 Å². The molecule has 0 radical (unpaired) electrons. The molecule has 2 saturated carbocycles. The molecule has 1 nitrogen and oxygen atoms in total. The fourth-order valence-corrected chi connectivity index (χ4v) is 4.27. The molecular weight excluding hydrogens is 232 g/mol. The van der Waals surface area contributed by atoms with Crippen LogP contribution in [0.15, 0.2) is 0 Å². The number of aldehydes is 1. The third-order valence-electron chi connectivity index (χ3n) is 5.61. The van der Waals surface area contributed by atoms with Crippen molar-refractivity contribution in [2.45, 2.75) is 90.4 Å². The molecule has 0 saturated heterocycles. The SMILES string of the molecule is CC(C=O)(CCC1CCCCC1)CC1CCCCC1. The third-order valence-corrected chi connectivity index (χ3v) is 5.61. The third kappa shape index (κ3) is 4.93. The number of rotatable bonds is 6. The highest BCUT2D eigenvalue weighted by Gasteiger charge is 2.29. The van der Waals surface area contributed by atoms with Crippen molar-refractivity contribution in [3.8, 4) is 0 Å². The summed E-state index contributed by atoms with van der Waals surface area (Å²) < 4.78 is 0. The quantitative estimate of drug-likeness (QED) is 0.577. The van der Waals surface area contributed by atoms with Crippen LogP contribution in [0.1, 0.15) is 90.4 Å². The number of hydrogen-bond acceptors (Lipinski definition) is 1. The standard InChI is InChI=1S/C18H32O/c1-18(15-19,14-17-10-6-3-7-11-17)13-12-16-8-4-2-5-9-16/h15-17H,2-14H2,1H3. The lowest BCUT2D eigenvalue weighted by atomic mass is 9.72. The first kappa shape index (κ1) is 15.1. The number of carbonyl (C=O) groups is 1. The van der Waals surface area contributed by atoms with Gasteiger partial charge in [-0.1, -0.05) is 71.1 Å². The van der Waals surface area contributed by atoms with E-state index in [1.165, 1.54) is 76.9 Å². The Morgan fingerprint density at radius 1 is 0.895 bits per heavy atom. The summed E-state index contributed by atoms with van der Waals surface area (Å²) in [6.45, 7) is 2.22. The van der Waals surface area contributed by atoms with Crippen molar-refractivity contribution in [3.63, 3.8) is 0 Å². The second-order valence-electron chi connectivity index (χ2n) is 7.52. The first-order chi connectivity index (χ1) is 9.22. The Morgan fingerprint density at radius 2 is 1.42 bits per heavy atom. The summed E-state index contributed by atoms with van der Waals surface area (Å²) in [4.78, 5) is 11.6. The first-order valence-corrected chi connectivity index (χ1v) is 8.68. The molecule has 0 aliphatic heterocycles. The van der Waals surface area contributed by atoms with Crippen LogP contribution in [0.5, 0.6) is 0 Å². The highest BCUT2D eigenvalue weighted by Crippen LogP contribution is 2.38. The summed E-state index contributed by atoms with van der Waals surface area (Å²) in [5.74, 6) is 1.75. The minimum absolute atomic E-state index is 0.0283. The van der Waals surface area contributed by atoms with E-state index in [1.807, 2.05) is 0 Å². The minimum Gasteiger partial charge on any atom is -0.303 e. The van der Waals surface area contributed by atoms with Crippen LogP contribution in [0.2, 0.25) is 0 Å². The van der Waals surface area contributed by atoms with Crippen LogP contribution in [-0.2, 0) is 4.79 Å². The van der Waals surface area contributed by atoms with Crippen molar-refractivity contribution in [1.82, 2.24) is 0 Å². The molecule has 0 aromatic carbocycles. The molecule has 0 aromatic rings. The average molecular weight is 264 g/mol. The van der Waals surface area contributed by atoms with E-state index in [-0.39, 0.29) is 5.41 Å². The lowest BCUT2D eigenvalue weighted by molar-refractivity contribution is -0.117. The number of carbonyl (C=O) groups excluding carboxylic acids is 1. The molecule has 0 spiro atoms. The van der Waals surface area contributed by atoms with Crippen molar-refractivity contribution in [3.05, 3.63) is 0 Å². The van der Waals surface area contributed by atoms with Crippen LogP contribution in [-0.4, -0.2) is 6.29 Å². The Bertz CT molecular complexity index is 261. The van der Waals surface area contributed by atoms with Gasteiger partial charge in [0.05, 0.1) is 0 Å². The summed E-state index contributed by atoms with van der Waals surface area (Å²) in [6, 6.07) is 0. The zero-order chi connectivity index (χ0) is 13.6. The van der Waals surface area contributed by atoms with Gasteiger partial charge in [0.2, 0.25) is 0 Å². The summed E-state index contributed by atoms with van der Waals surface area (Å²) in [5, 5.41) is 0. The molecule has 2 aliphatic carbocycles. The van der Waals surface area contributed by atoms with Crippen molar-refractivity contribution in [1.29, 1.82) is 0 Å². The normalized spacial score (nSPS) is 25.9. The zero-order valence-corrected chi connectivity index (χ0v) is 12.8. The smallest absolute Gasteiger partial charge is 0.125 e. The van der Waals surface area contributed by atoms with Crippen LogP contribution in [0.4, 0.5) is 0 Å². The Morgan fingerprint density at radius 3 is 1.95 bits per heavy atom. The van der Waals surface area contributed by atoms with E-state index in [1.54, 1.807) is 0 Å². The van der Waals surface area contributed by atoms with E-state index in [0.29, 0.717) is 0 Å². The predicted octanol–water partition coefficient (Wildman–Crippen LogP) is 5.52.